The summed E-state index contributed by atoms with van der Waals surface area (Å²) in [5.41, 5.74) is 2.56. The Hall–Kier alpha value is -1.80. The SMILES string of the molecule is O=C(CCc1ccccc1OC(F)(F)F)NOC1CCCCO1. The van der Waals surface area contributed by atoms with Crippen LogP contribution < -0.4 is 10.2 Å². The number of carbonyl (C=O) groups is 1. The average molecular weight is 333 g/mol. The summed E-state index contributed by atoms with van der Waals surface area (Å²) in [6.07, 6.45) is -2.53. The molecular weight excluding hydrogens is 315 g/mol. The van der Waals surface area contributed by atoms with Gasteiger partial charge in [0.15, 0.2) is 6.29 Å². The number of nitrogens with one attached hydrogen (secondary N) is 1. The van der Waals surface area contributed by atoms with Gasteiger partial charge in [0.25, 0.3) is 0 Å². The van der Waals surface area contributed by atoms with Crippen molar-refractivity contribution < 1.29 is 32.3 Å². The normalized spacial score (nSPS) is 18.5. The van der Waals surface area contributed by atoms with Gasteiger partial charge in [-0.3, -0.25) is 4.79 Å². The Kier molecular flexibility index (Phi) is 6.23. The van der Waals surface area contributed by atoms with E-state index in [1.807, 2.05) is 0 Å². The fourth-order valence-electron chi connectivity index (χ4n) is 2.17. The lowest BCUT2D eigenvalue weighted by molar-refractivity contribution is -0.274. The van der Waals surface area contributed by atoms with E-state index in [2.05, 4.69) is 10.2 Å². The van der Waals surface area contributed by atoms with E-state index in [1.54, 1.807) is 6.07 Å². The van der Waals surface area contributed by atoms with Crippen LogP contribution in [0.5, 0.6) is 5.75 Å². The Morgan fingerprint density at radius 2 is 2.09 bits per heavy atom. The molecule has 1 aromatic rings. The van der Waals surface area contributed by atoms with Gasteiger partial charge >= 0.3 is 6.36 Å². The summed E-state index contributed by atoms with van der Waals surface area (Å²) in [7, 11) is 0. The molecule has 1 N–H and O–H groups in total. The van der Waals surface area contributed by atoms with E-state index in [-0.39, 0.29) is 18.6 Å². The van der Waals surface area contributed by atoms with Crippen LogP contribution in [0.25, 0.3) is 0 Å². The standard InChI is InChI=1S/C15H18F3NO4/c16-15(17,18)22-12-6-2-1-5-11(12)8-9-13(20)19-23-14-7-3-4-10-21-14/h1-2,5-6,14H,3-4,7-10H2,(H,19,20). The van der Waals surface area contributed by atoms with Crippen LogP contribution in [-0.2, 0) is 20.8 Å². The van der Waals surface area contributed by atoms with Crippen molar-refractivity contribution in [2.24, 2.45) is 0 Å². The van der Waals surface area contributed by atoms with Crippen LogP contribution in [0.15, 0.2) is 24.3 Å². The van der Waals surface area contributed by atoms with E-state index in [0.717, 1.165) is 12.8 Å². The fourth-order valence-corrected chi connectivity index (χ4v) is 2.17. The van der Waals surface area contributed by atoms with Gasteiger partial charge in [-0.05, 0) is 30.9 Å². The van der Waals surface area contributed by atoms with Crippen molar-refractivity contribution >= 4 is 5.91 Å². The third-order valence-corrected chi connectivity index (χ3v) is 3.26. The van der Waals surface area contributed by atoms with Crippen LogP contribution in [0.3, 0.4) is 0 Å². The Morgan fingerprint density at radius 1 is 1.30 bits per heavy atom. The molecule has 1 aromatic carbocycles. The minimum atomic E-state index is -4.76. The van der Waals surface area contributed by atoms with Crippen LogP contribution in [0.2, 0.25) is 0 Å². The molecule has 0 saturated carbocycles. The molecule has 0 aromatic heterocycles. The highest BCUT2D eigenvalue weighted by molar-refractivity contribution is 5.75. The van der Waals surface area contributed by atoms with E-state index in [1.165, 1.54) is 18.2 Å². The third kappa shape index (κ3) is 6.45. The lowest BCUT2D eigenvalue weighted by Gasteiger charge is -2.22. The minimum Gasteiger partial charge on any atom is -0.406 e. The van der Waals surface area contributed by atoms with E-state index in [9.17, 15) is 18.0 Å². The number of aryl methyl sites for hydroxylation is 1. The minimum absolute atomic E-state index is 0.0229. The maximum Gasteiger partial charge on any atom is 0.573 e. The first-order valence-electron chi connectivity index (χ1n) is 7.34. The summed E-state index contributed by atoms with van der Waals surface area (Å²) in [5.74, 6) is -0.731. The molecule has 128 valence electrons. The monoisotopic (exact) mass is 333 g/mol. The first-order chi connectivity index (χ1) is 10.9. The molecule has 5 nitrogen and oxygen atoms in total. The predicted molar refractivity (Wildman–Crippen MR) is 74.3 cm³/mol. The van der Waals surface area contributed by atoms with Crippen LogP contribution >= 0.6 is 0 Å². The quantitative estimate of drug-likeness (QED) is 0.813. The third-order valence-electron chi connectivity index (χ3n) is 3.26. The molecule has 0 bridgehead atoms. The van der Waals surface area contributed by atoms with Gasteiger partial charge in [0, 0.05) is 19.4 Å². The molecule has 2 rings (SSSR count). The molecule has 1 aliphatic heterocycles. The highest BCUT2D eigenvalue weighted by Crippen LogP contribution is 2.27. The lowest BCUT2D eigenvalue weighted by Crippen LogP contribution is -2.33. The number of ether oxygens (including phenoxy) is 2. The molecule has 1 saturated heterocycles. The smallest absolute Gasteiger partial charge is 0.406 e. The summed E-state index contributed by atoms with van der Waals surface area (Å²) >= 11 is 0. The Morgan fingerprint density at radius 3 is 2.78 bits per heavy atom. The van der Waals surface area contributed by atoms with Crippen molar-refractivity contribution in [1.82, 2.24) is 5.48 Å². The topological polar surface area (TPSA) is 56.8 Å². The van der Waals surface area contributed by atoms with Crippen molar-refractivity contribution in [2.75, 3.05) is 6.61 Å². The first kappa shape index (κ1) is 17.6. The van der Waals surface area contributed by atoms with Gasteiger partial charge in [0.2, 0.25) is 5.91 Å². The lowest BCUT2D eigenvalue weighted by atomic mass is 10.1. The van der Waals surface area contributed by atoms with Gasteiger partial charge in [-0.15, -0.1) is 13.2 Å². The summed E-state index contributed by atoms with van der Waals surface area (Å²) in [5, 5.41) is 0. The summed E-state index contributed by atoms with van der Waals surface area (Å²) in [6.45, 7) is 0.586. The number of rotatable bonds is 6. The van der Waals surface area contributed by atoms with Crippen molar-refractivity contribution in [2.45, 2.75) is 44.8 Å². The number of carbonyl (C=O) groups excluding carboxylic acids is 1. The van der Waals surface area contributed by atoms with Crippen LogP contribution in [-0.4, -0.2) is 25.2 Å². The van der Waals surface area contributed by atoms with Crippen molar-refractivity contribution in [3.63, 3.8) is 0 Å². The number of hydrogen-bond donors (Lipinski definition) is 1. The number of amides is 1. The predicted octanol–water partition coefficient (Wildman–Crippen LogP) is 3.09. The fraction of sp³-hybridized carbons (Fsp3) is 0.533. The van der Waals surface area contributed by atoms with Crippen LogP contribution in [0.4, 0.5) is 13.2 Å². The summed E-state index contributed by atoms with van der Waals surface area (Å²) < 4.78 is 46.2. The Labute approximate surface area is 131 Å². The van der Waals surface area contributed by atoms with Gasteiger partial charge in [-0.2, -0.15) is 0 Å². The van der Waals surface area contributed by atoms with E-state index in [0.29, 0.717) is 18.6 Å². The molecule has 1 heterocycles. The van der Waals surface area contributed by atoms with E-state index < -0.39 is 18.6 Å². The number of halogens is 3. The highest BCUT2D eigenvalue weighted by atomic mass is 19.4. The van der Waals surface area contributed by atoms with Gasteiger partial charge in [-0.25, -0.2) is 10.3 Å². The van der Waals surface area contributed by atoms with E-state index in [4.69, 9.17) is 9.57 Å². The van der Waals surface area contributed by atoms with E-state index >= 15 is 0 Å². The van der Waals surface area contributed by atoms with Crippen molar-refractivity contribution in [3.05, 3.63) is 29.8 Å². The number of hydrogen-bond acceptors (Lipinski definition) is 4. The molecule has 0 radical (unpaired) electrons. The number of alkyl halides is 3. The molecule has 1 fully saturated rings. The largest absolute Gasteiger partial charge is 0.573 e. The zero-order valence-electron chi connectivity index (χ0n) is 12.4. The molecule has 0 aliphatic carbocycles. The second-order valence-corrected chi connectivity index (χ2v) is 5.09. The van der Waals surface area contributed by atoms with Gasteiger partial charge < -0.3 is 9.47 Å². The number of benzene rings is 1. The van der Waals surface area contributed by atoms with Crippen molar-refractivity contribution in [1.29, 1.82) is 0 Å². The van der Waals surface area contributed by atoms with Gasteiger partial charge in [0.1, 0.15) is 5.75 Å². The second-order valence-electron chi connectivity index (χ2n) is 5.09. The van der Waals surface area contributed by atoms with Crippen LogP contribution in [0.1, 0.15) is 31.2 Å². The average Bonchev–Trinajstić information content (AvgIpc) is 2.51. The van der Waals surface area contributed by atoms with Gasteiger partial charge in [0.05, 0.1) is 0 Å². The molecule has 1 unspecified atom stereocenters. The molecule has 1 atom stereocenters. The second kappa shape index (κ2) is 8.16. The number of para-hydroxylation sites is 1. The summed E-state index contributed by atoms with van der Waals surface area (Å²) in [4.78, 5) is 16.8. The Balaban J connectivity index is 1.79. The zero-order valence-corrected chi connectivity index (χ0v) is 12.4. The maximum absolute atomic E-state index is 12.3. The first-order valence-corrected chi connectivity index (χ1v) is 7.34. The molecule has 1 amide bonds. The molecule has 1 aliphatic rings. The maximum atomic E-state index is 12.3. The molecule has 8 heteroatoms. The van der Waals surface area contributed by atoms with Crippen LogP contribution in [0, 0.1) is 0 Å². The van der Waals surface area contributed by atoms with Crippen molar-refractivity contribution in [3.8, 4) is 5.75 Å². The Bertz CT molecular complexity index is 516. The molecule has 23 heavy (non-hydrogen) atoms. The number of hydroxylamine groups is 1. The highest BCUT2D eigenvalue weighted by Gasteiger charge is 2.32. The summed E-state index contributed by atoms with van der Waals surface area (Å²) in [6, 6.07) is 5.73. The molecular formula is C15H18F3NO4. The zero-order chi connectivity index (χ0) is 16.7. The van der Waals surface area contributed by atoms with Gasteiger partial charge in [-0.1, -0.05) is 18.2 Å². The molecule has 0 spiro atoms.